The molecule has 0 fully saturated rings. The molecule has 0 aliphatic heterocycles. The molecule has 4 heteroatoms. The van der Waals surface area contributed by atoms with Gasteiger partial charge in [0.1, 0.15) is 19.0 Å². The van der Waals surface area contributed by atoms with Gasteiger partial charge >= 0.3 is 5.97 Å². The number of rotatable bonds is 6. The van der Waals surface area contributed by atoms with Gasteiger partial charge in [0.05, 0.1) is 0 Å². The Balaban J connectivity index is 1.72. The van der Waals surface area contributed by atoms with E-state index >= 15 is 0 Å². The Bertz CT molecular complexity index is 608. The fourth-order valence-electron chi connectivity index (χ4n) is 1.63. The lowest BCUT2D eigenvalue weighted by Crippen LogP contribution is -2.10. The van der Waals surface area contributed by atoms with E-state index < -0.39 is 5.97 Å². The molecule has 0 spiro atoms. The molecule has 0 saturated carbocycles. The molecule has 3 nitrogen and oxygen atoms in total. The maximum Gasteiger partial charge on any atom is 0.330 e. The molecule has 2 rings (SSSR count). The van der Waals surface area contributed by atoms with Crippen LogP contribution in [-0.4, -0.2) is 19.2 Å². The second kappa shape index (κ2) is 8.12. The van der Waals surface area contributed by atoms with Crippen molar-refractivity contribution in [3.05, 3.63) is 71.3 Å². The van der Waals surface area contributed by atoms with Crippen LogP contribution >= 0.6 is 11.6 Å². The molecular weight excluding hydrogens is 288 g/mol. The van der Waals surface area contributed by atoms with Gasteiger partial charge in [-0.2, -0.15) is 0 Å². The lowest BCUT2D eigenvalue weighted by Gasteiger charge is -2.05. The first-order valence-corrected chi connectivity index (χ1v) is 6.91. The van der Waals surface area contributed by atoms with Crippen molar-refractivity contribution < 1.29 is 14.3 Å². The van der Waals surface area contributed by atoms with Crippen molar-refractivity contribution in [2.24, 2.45) is 0 Å². The fourth-order valence-corrected chi connectivity index (χ4v) is 1.83. The zero-order chi connectivity index (χ0) is 14.9. The molecule has 0 aliphatic carbocycles. The molecule has 2 aromatic rings. The van der Waals surface area contributed by atoms with Crippen LogP contribution in [0.1, 0.15) is 5.56 Å². The summed E-state index contributed by atoms with van der Waals surface area (Å²) in [5.41, 5.74) is 0.775. The van der Waals surface area contributed by atoms with Crippen LogP contribution in [-0.2, 0) is 9.53 Å². The van der Waals surface area contributed by atoms with E-state index in [1.807, 2.05) is 48.5 Å². The minimum atomic E-state index is -0.424. The fraction of sp³-hybridized carbons (Fsp3) is 0.118. The monoisotopic (exact) mass is 302 g/mol. The SMILES string of the molecule is O=C(/C=C\c1ccccc1Cl)OCCOc1ccccc1. The van der Waals surface area contributed by atoms with Gasteiger partial charge in [0.2, 0.25) is 0 Å². The number of benzene rings is 2. The van der Waals surface area contributed by atoms with Crippen LogP contribution in [0.3, 0.4) is 0 Å². The van der Waals surface area contributed by atoms with Gasteiger partial charge in [-0.3, -0.25) is 0 Å². The lowest BCUT2D eigenvalue weighted by atomic mass is 10.2. The average Bonchev–Trinajstić information content (AvgIpc) is 2.52. The number of carbonyl (C=O) groups is 1. The summed E-state index contributed by atoms with van der Waals surface area (Å²) < 4.78 is 10.4. The maximum absolute atomic E-state index is 11.5. The summed E-state index contributed by atoms with van der Waals surface area (Å²) in [5, 5.41) is 0.592. The zero-order valence-corrected chi connectivity index (χ0v) is 12.1. The van der Waals surface area contributed by atoms with Gasteiger partial charge in [0, 0.05) is 11.1 Å². The Morgan fingerprint density at radius 2 is 1.71 bits per heavy atom. The number of hydrogen-bond acceptors (Lipinski definition) is 3. The maximum atomic E-state index is 11.5. The summed E-state index contributed by atoms with van der Waals surface area (Å²) in [6, 6.07) is 16.6. The van der Waals surface area contributed by atoms with Crippen molar-refractivity contribution >= 4 is 23.6 Å². The van der Waals surface area contributed by atoms with E-state index in [-0.39, 0.29) is 6.61 Å². The highest BCUT2D eigenvalue weighted by atomic mass is 35.5. The predicted octanol–water partition coefficient (Wildman–Crippen LogP) is 3.98. The van der Waals surface area contributed by atoms with Crippen LogP contribution in [0.25, 0.3) is 6.08 Å². The van der Waals surface area contributed by atoms with Gasteiger partial charge in [-0.1, -0.05) is 48.0 Å². The Morgan fingerprint density at radius 1 is 1.00 bits per heavy atom. The minimum absolute atomic E-state index is 0.195. The highest BCUT2D eigenvalue weighted by Gasteiger charge is 1.99. The Hall–Kier alpha value is -2.26. The van der Waals surface area contributed by atoms with E-state index in [2.05, 4.69) is 0 Å². The molecule has 0 aliphatic rings. The van der Waals surface area contributed by atoms with Gasteiger partial charge in [-0.15, -0.1) is 0 Å². The van der Waals surface area contributed by atoms with Crippen LogP contribution < -0.4 is 4.74 Å². The third-order valence-electron chi connectivity index (χ3n) is 2.64. The van der Waals surface area contributed by atoms with Crippen LogP contribution in [0, 0.1) is 0 Å². The number of carbonyl (C=O) groups excluding carboxylic acids is 1. The van der Waals surface area contributed by atoms with E-state index in [1.54, 1.807) is 12.1 Å². The van der Waals surface area contributed by atoms with E-state index in [0.717, 1.165) is 11.3 Å². The van der Waals surface area contributed by atoms with E-state index in [9.17, 15) is 4.79 Å². The predicted molar refractivity (Wildman–Crippen MR) is 83.4 cm³/mol. The average molecular weight is 303 g/mol. The molecule has 108 valence electrons. The van der Waals surface area contributed by atoms with E-state index in [0.29, 0.717) is 11.6 Å². The van der Waals surface area contributed by atoms with Gasteiger partial charge in [0.25, 0.3) is 0 Å². The van der Waals surface area contributed by atoms with Gasteiger partial charge in [0.15, 0.2) is 0 Å². The van der Waals surface area contributed by atoms with Gasteiger partial charge in [-0.25, -0.2) is 4.79 Å². The molecule has 2 aromatic carbocycles. The summed E-state index contributed by atoms with van der Waals surface area (Å²) in [6.45, 7) is 0.510. The van der Waals surface area contributed by atoms with E-state index in [4.69, 9.17) is 21.1 Å². The second-order valence-electron chi connectivity index (χ2n) is 4.18. The molecule has 21 heavy (non-hydrogen) atoms. The Labute approximate surface area is 128 Å². The molecule has 0 aromatic heterocycles. The van der Waals surface area contributed by atoms with Crippen molar-refractivity contribution in [1.82, 2.24) is 0 Å². The molecule has 0 atom stereocenters. The smallest absolute Gasteiger partial charge is 0.330 e. The molecule has 0 heterocycles. The largest absolute Gasteiger partial charge is 0.490 e. The zero-order valence-electron chi connectivity index (χ0n) is 11.4. The number of halogens is 1. The van der Waals surface area contributed by atoms with Crippen LogP contribution in [0.4, 0.5) is 0 Å². The first-order chi connectivity index (χ1) is 10.3. The van der Waals surface area contributed by atoms with Crippen molar-refractivity contribution in [3.63, 3.8) is 0 Å². The van der Waals surface area contributed by atoms with Crippen molar-refractivity contribution in [3.8, 4) is 5.75 Å². The first kappa shape index (κ1) is 15.1. The molecule has 0 radical (unpaired) electrons. The third-order valence-corrected chi connectivity index (χ3v) is 2.99. The highest BCUT2D eigenvalue weighted by molar-refractivity contribution is 6.32. The van der Waals surface area contributed by atoms with Crippen molar-refractivity contribution in [1.29, 1.82) is 0 Å². The van der Waals surface area contributed by atoms with Gasteiger partial charge < -0.3 is 9.47 Å². The summed E-state index contributed by atoms with van der Waals surface area (Å²) in [7, 11) is 0. The number of para-hydroxylation sites is 1. The second-order valence-corrected chi connectivity index (χ2v) is 4.59. The number of ether oxygens (including phenoxy) is 2. The number of esters is 1. The Morgan fingerprint density at radius 3 is 2.48 bits per heavy atom. The summed E-state index contributed by atoms with van der Waals surface area (Å²) in [4.78, 5) is 11.5. The first-order valence-electron chi connectivity index (χ1n) is 6.53. The summed E-state index contributed by atoms with van der Waals surface area (Å²) in [6.07, 6.45) is 2.98. The van der Waals surface area contributed by atoms with Crippen LogP contribution in [0.2, 0.25) is 5.02 Å². The lowest BCUT2D eigenvalue weighted by molar-refractivity contribution is -0.138. The topological polar surface area (TPSA) is 35.5 Å². The number of hydrogen-bond donors (Lipinski definition) is 0. The van der Waals surface area contributed by atoms with Crippen LogP contribution in [0.15, 0.2) is 60.7 Å². The van der Waals surface area contributed by atoms with Crippen molar-refractivity contribution in [2.75, 3.05) is 13.2 Å². The molecule has 0 saturated heterocycles. The molecule has 0 N–H and O–H groups in total. The molecular formula is C17H15ClO3. The normalized spacial score (nSPS) is 10.5. The van der Waals surface area contributed by atoms with Crippen molar-refractivity contribution in [2.45, 2.75) is 0 Å². The van der Waals surface area contributed by atoms with E-state index in [1.165, 1.54) is 6.08 Å². The molecule has 0 unspecified atom stereocenters. The third kappa shape index (κ3) is 5.32. The summed E-state index contributed by atoms with van der Waals surface area (Å²) >= 11 is 5.98. The minimum Gasteiger partial charge on any atom is -0.490 e. The summed E-state index contributed by atoms with van der Waals surface area (Å²) in [5.74, 6) is 0.326. The highest BCUT2D eigenvalue weighted by Crippen LogP contribution is 2.16. The Kier molecular flexibility index (Phi) is 5.85. The quantitative estimate of drug-likeness (QED) is 0.460. The standard InChI is InChI=1S/C17H15ClO3/c18-16-9-5-4-6-14(16)10-11-17(19)21-13-12-20-15-7-2-1-3-8-15/h1-11H,12-13H2/b11-10-. The van der Waals surface area contributed by atoms with Gasteiger partial charge in [-0.05, 0) is 29.8 Å². The molecule has 0 amide bonds. The van der Waals surface area contributed by atoms with Crippen LogP contribution in [0.5, 0.6) is 5.75 Å². The molecule has 0 bridgehead atoms.